The summed E-state index contributed by atoms with van der Waals surface area (Å²) in [6.45, 7) is 1.44. The molecule has 0 saturated carbocycles. The van der Waals surface area contributed by atoms with Gasteiger partial charge in [-0.3, -0.25) is 4.79 Å². The minimum Gasteiger partial charge on any atom is -0.497 e. The van der Waals surface area contributed by atoms with E-state index in [9.17, 15) is 4.79 Å². The van der Waals surface area contributed by atoms with E-state index in [4.69, 9.17) is 14.2 Å². The Morgan fingerprint density at radius 2 is 1.73 bits per heavy atom. The van der Waals surface area contributed by atoms with Crippen LogP contribution in [0.5, 0.6) is 17.2 Å². The lowest BCUT2D eigenvalue weighted by atomic mass is 9.97. The maximum absolute atomic E-state index is 12.9. The van der Waals surface area contributed by atoms with Gasteiger partial charge in [0.2, 0.25) is 5.91 Å². The molecular formula is C25H28N4O4. The third-order valence-corrected chi connectivity index (χ3v) is 5.80. The van der Waals surface area contributed by atoms with Crippen LogP contribution in [0.15, 0.2) is 54.6 Å². The Bertz CT molecular complexity index is 1090. The predicted octanol–water partition coefficient (Wildman–Crippen LogP) is 4.02. The number of anilines is 2. The van der Waals surface area contributed by atoms with Crippen LogP contribution < -0.4 is 24.4 Å². The van der Waals surface area contributed by atoms with Crippen LogP contribution in [0.3, 0.4) is 0 Å². The van der Waals surface area contributed by atoms with Crippen LogP contribution in [0.1, 0.15) is 12.8 Å². The molecule has 1 N–H and O–H groups in total. The second-order valence-electron chi connectivity index (χ2n) is 7.85. The number of aromatic nitrogens is 2. The molecule has 8 nitrogen and oxygen atoms in total. The Hall–Kier alpha value is -3.81. The van der Waals surface area contributed by atoms with E-state index in [1.807, 2.05) is 42.5 Å². The van der Waals surface area contributed by atoms with Gasteiger partial charge in [-0.1, -0.05) is 0 Å². The van der Waals surface area contributed by atoms with Crippen LogP contribution >= 0.6 is 0 Å². The lowest BCUT2D eigenvalue weighted by molar-refractivity contribution is -0.120. The van der Waals surface area contributed by atoms with Crippen molar-refractivity contribution in [1.29, 1.82) is 0 Å². The molecule has 1 aromatic heterocycles. The number of nitrogens with zero attached hydrogens (tertiary/aromatic N) is 3. The Kier molecular flexibility index (Phi) is 6.92. The average molecular weight is 449 g/mol. The fraction of sp³-hybridized carbons (Fsp3) is 0.320. The molecule has 172 valence electrons. The van der Waals surface area contributed by atoms with E-state index in [0.717, 1.165) is 42.2 Å². The third-order valence-electron chi connectivity index (χ3n) is 5.80. The van der Waals surface area contributed by atoms with Gasteiger partial charge in [-0.25, -0.2) is 0 Å². The van der Waals surface area contributed by atoms with Gasteiger partial charge in [-0.15, -0.1) is 10.2 Å². The highest BCUT2D eigenvalue weighted by molar-refractivity contribution is 5.93. The van der Waals surface area contributed by atoms with Crippen molar-refractivity contribution in [3.05, 3.63) is 54.6 Å². The quantitative estimate of drug-likeness (QED) is 0.584. The van der Waals surface area contributed by atoms with Crippen molar-refractivity contribution in [2.45, 2.75) is 12.8 Å². The van der Waals surface area contributed by atoms with E-state index >= 15 is 0 Å². The van der Waals surface area contributed by atoms with Gasteiger partial charge in [0.05, 0.1) is 32.9 Å². The zero-order valence-electron chi connectivity index (χ0n) is 19.1. The van der Waals surface area contributed by atoms with Gasteiger partial charge >= 0.3 is 0 Å². The number of carbonyl (C=O) groups is 1. The SMILES string of the molecule is COc1ccc(-c2ccc(N3CCCC(C(=O)Nc4ccc(OC)c(OC)c4)C3)nn2)cc1. The Morgan fingerprint density at radius 1 is 0.939 bits per heavy atom. The Morgan fingerprint density at radius 3 is 2.39 bits per heavy atom. The van der Waals surface area contributed by atoms with Crippen molar-refractivity contribution in [2.24, 2.45) is 5.92 Å². The van der Waals surface area contributed by atoms with E-state index in [1.54, 1.807) is 33.5 Å². The number of amides is 1. The largest absolute Gasteiger partial charge is 0.497 e. The highest BCUT2D eigenvalue weighted by Gasteiger charge is 2.27. The Labute approximate surface area is 193 Å². The molecule has 1 saturated heterocycles. The van der Waals surface area contributed by atoms with Gasteiger partial charge in [0.15, 0.2) is 17.3 Å². The van der Waals surface area contributed by atoms with Gasteiger partial charge in [0, 0.05) is 30.4 Å². The number of benzene rings is 2. The van der Waals surface area contributed by atoms with Gasteiger partial charge in [-0.05, 0) is 61.4 Å². The molecule has 1 amide bonds. The summed E-state index contributed by atoms with van der Waals surface area (Å²) >= 11 is 0. The molecule has 8 heteroatoms. The molecule has 4 rings (SSSR count). The molecule has 1 fully saturated rings. The number of methoxy groups -OCH3 is 3. The van der Waals surface area contributed by atoms with Crippen molar-refractivity contribution >= 4 is 17.4 Å². The van der Waals surface area contributed by atoms with Crippen molar-refractivity contribution in [3.8, 4) is 28.5 Å². The molecule has 2 aromatic carbocycles. The number of nitrogens with one attached hydrogen (secondary N) is 1. The fourth-order valence-electron chi connectivity index (χ4n) is 3.97. The molecule has 1 aliphatic heterocycles. The molecule has 1 atom stereocenters. The summed E-state index contributed by atoms with van der Waals surface area (Å²) in [6.07, 6.45) is 1.74. The summed E-state index contributed by atoms with van der Waals surface area (Å²) < 4.78 is 15.8. The molecule has 2 heterocycles. The van der Waals surface area contributed by atoms with Crippen LogP contribution in [-0.4, -0.2) is 50.5 Å². The first-order valence-electron chi connectivity index (χ1n) is 10.9. The predicted molar refractivity (Wildman–Crippen MR) is 127 cm³/mol. The number of piperidine rings is 1. The first-order chi connectivity index (χ1) is 16.1. The van der Waals surface area contributed by atoms with E-state index in [-0.39, 0.29) is 11.8 Å². The second kappa shape index (κ2) is 10.2. The third kappa shape index (κ3) is 5.16. The lowest BCUT2D eigenvalue weighted by Crippen LogP contribution is -2.41. The number of hydrogen-bond acceptors (Lipinski definition) is 7. The van der Waals surface area contributed by atoms with E-state index in [0.29, 0.717) is 23.7 Å². The molecule has 33 heavy (non-hydrogen) atoms. The molecule has 0 radical (unpaired) electrons. The minimum absolute atomic E-state index is 0.0188. The van der Waals surface area contributed by atoms with Crippen molar-refractivity contribution in [3.63, 3.8) is 0 Å². The molecule has 0 aliphatic carbocycles. The van der Waals surface area contributed by atoms with Crippen molar-refractivity contribution in [1.82, 2.24) is 10.2 Å². The van der Waals surface area contributed by atoms with Crippen molar-refractivity contribution in [2.75, 3.05) is 44.6 Å². The first kappa shape index (κ1) is 22.4. The zero-order chi connectivity index (χ0) is 23.2. The summed E-state index contributed by atoms with van der Waals surface area (Å²) in [5.74, 6) is 2.61. The van der Waals surface area contributed by atoms with E-state index in [1.165, 1.54) is 0 Å². The molecular weight excluding hydrogens is 420 g/mol. The van der Waals surface area contributed by atoms with Gasteiger partial charge in [-0.2, -0.15) is 0 Å². The molecule has 0 bridgehead atoms. The van der Waals surface area contributed by atoms with Crippen LogP contribution in [-0.2, 0) is 4.79 Å². The van der Waals surface area contributed by atoms with Crippen LogP contribution in [0.25, 0.3) is 11.3 Å². The monoisotopic (exact) mass is 448 g/mol. The summed E-state index contributed by atoms with van der Waals surface area (Å²) in [5.41, 5.74) is 2.44. The number of hydrogen-bond donors (Lipinski definition) is 1. The maximum Gasteiger partial charge on any atom is 0.229 e. The normalized spacial score (nSPS) is 15.6. The highest BCUT2D eigenvalue weighted by atomic mass is 16.5. The summed E-state index contributed by atoms with van der Waals surface area (Å²) in [4.78, 5) is 15.1. The topological polar surface area (TPSA) is 85.8 Å². The second-order valence-corrected chi connectivity index (χ2v) is 7.85. The zero-order valence-corrected chi connectivity index (χ0v) is 19.1. The number of rotatable bonds is 7. The van der Waals surface area contributed by atoms with Gasteiger partial charge in [0.1, 0.15) is 5.75 Å². The lowest BCUT2D eigenvalue weighted by Gasteiger charge is -2.32. The fourth-order valence-corrected chi connectivity index (χ4v) is 3.97. The Balaban J connectivity index is 1.41. The summed E-state index contributed by atoms with van der Waals surface area (Å²) in [5, 5.41) is 11.8. The highest BCUT2D eigenvalue weighted by Crippen LogP contribution is 2.31. The van der Waals surface area contributed by atoms with E-state index < -0.39 is 0 Å². The number of ether oxygens (including phenoxy) is 3. The molecule has 0 spiro atoms. The van der Waals surface area contributed by atoms with Crippen LogP contribution in [0.2, 0.25) is 0 Å². The van der Waals surface area contributed by atoms with Gasteiger partial charge < -0.3 is 24.4 Å². The molecule has 1 aliphatic rings. The van der Waals surface area contributed by atoms with Crippen LogP contribution in [0, 0.1) is 5.92 Å². The molecule has 1 unspecified atom stereocenters. The number of carbonyl (C=O) groups excluding carboxylic acids is 1. The van der Waals surface area contributed by atoms with Gasteiger partial charge in [0.25, 0.3) is 0 Å². The van der Waals surface area contributed by atoms with Crippen LogP contribution in [0.4, 0.5) is 11.5 Å². The summed E-state index contributed by atoms with van der Waals surface area (Å²) in [7, 11) is 4.80. The summed E-state index contributed by atoms with van der Waals surface area (Å²) in [6, 6.07) is 17.0. The standard InChI is InChI=1S/C25H28N4O4/c1-31-20-9-6-17(7-10-20)21-11-13-24(28-27-21)29-14-4-5-18(16-29)25(30)26-19-8-12-22(32-2)23(15-19)33-3/h6-13,15,18H,4-5,14,16H2,1-3H3,(H,26,30). The smallest absolute Gasteiger partial charge is 0.229 e. The maximum atomic E-state index is 12.9. The average Bonchev–Trinajstić information content (AvgIpc) is 2.88. The van der Waals surface area contributed by atoms with E-state index in [2.05, 4.69) is 20.4 Å². The molecule has 3 aromatic rings. The van der Waals surface area contributed by atoms with Crippen molar-refractivity contribution < 1.29 is 19.0 Å². The minimum atomic E-state index is -0.144. The first-order valence-corrected chi connectivity index (χ1v) is 10.9.